The smallest absolute Gasteiger partial charge is 0.0210 e. The fraction of sp³-hybridized carbons (Fsp3) is 1.00. The van der Waals surface area contributed by atoms with Crippen molar-refractivity contribution in [1.29, 1.82) is 0 Å². The summed E-state index contributed by atoms with van der Waals surface area (Å²) in [4.78, 5) is 0. The SMILES string of the molecule is C1CC2CCC2(C23CCC2CC3)C1. The highest BCUT2D eigenvalue weighted by Crippen LogP contribution is 2.79. The van der Waals surface area contributed by atoms with Gasteiger partial charge in [0.1, 0.15) is 0 Å². The van der Waals surface area contributed by atoms with Crippen molar-refractivity contribution < 1.29 is 0 Å². The van der Waals surface area contributed by atoms with Crippen molar-refractivity contribution in [3.8, 4) is 0 Å². The number of hydrogen-bond acceptors (Lipinski definition) is 0. The molecular formula is C13H20. The van der Waals surface area contributed by atoms with Gasteiger partial charge in [-0.2, -0.15) is 0 Å². The van der Waals surface area contributed by atoms with E-state index in [4.69, 9.17) is 0 Å². The van der Waals surface area contributed by atoms with Crippen LogP contribution in [0.5, 0.6) is 0 Å². The predicted octanol–water partition coefficient (Wildman–Crippen LogP) is 3.76. The monoisotopic (exact) mass is 176 g/mol. The lowest BCUT2D eigenvalue weighted by atomic mass is 9.33. The molecule has 0 heteroatoms. The van der Waals surface area contributed by atoms with Crippen molar-refractivity contribution >= 4 is 0 Å². The Balaban J connectivity index is 1.72. The van der Waals surface area contributed by atoms with E-state index in [1.165, 1.54) is 11.8 Å². The van der Waals surface area contributed by atoms with Crippen molar-refractivity contribution in [2.45, 2.75) is 57.8 Å². The molecule has 0 aromatic carbocycles. The molecular weight excluding hydrogens is 156 g/mol. The van der Waals surface area contributed by atoms with Crippen LogP contribution in [-0.2, 0) is 0 Å². The summed E-state index contributed by atoms with van der Waals surface area (Å²) in [5.41, 5.74) is 1.86. The average molecular weight is 176 g/mol. The van der Waals surface area contributed by atoms with Crippen LogP contribution in [0.15, 0.2) is 0 Å². The van der Waals surface area contributed by atoms with E-state index in [9.17, 15) is 0 Å². The van der Waals surface area contributed by atoms with Crippen molar-refractivity contribution in [2.24, 2.45) is 22.7 Å². The van der Waals surface area contributed by atoms with Crippen LogP contribution < -0.4 is 0 Å². The van der Waals surface area contributed by atoms with Gasteiger partial charge in [-0.15, -0.1) is 0 Å². The quantitative estimate of drug-likeness (QED) is 0.570. The third-order valence-electron chi connectivity index (χ3n) is 6.55. The van der Waals surface area contributed by atoms with Crippen LogP contribution in [0.1, 0.15) is 57.8 Å². The highest BCUT2D eigenvalue weighted by molar-refractivity contribution is 5.19. The molecule has 4 aliphatic carbocycles. The van der Waals surface area contributed by atoms with E-state index in [-0.39, 0.29) is 0 Å². The van der Waals surface area contributed by atoms with E-state index < -0.39 is 0 Å². The topological polar surface area (TPSA) is 0 Å². The van der Waals surface area contributed by atoms with Crippen LogP contribution in [-0.4, -0.2) is 0 Å². The van der Waals surface area contributed by atoms with E-state index in [0.29, 0.717) is 0 Å². The van der Waals surface area contributed by atoms with Crippen molar-refractivity contribution in [3.63, 3.8) is 0 Å². The van der Waals surface area contributed by atoms with Gasteiger partial charge in [0.25, 0.3) is 0 Å². The lowest BCUT2D eigenvalue weighted by Crippen LogP contribution is -2.63. The first-order valence-electron chi connectivity index (χ1n) is 6.37. The minimum Gasteiger partial charge on any atom is -0.0525 e. The number of rotatable bonds is 1. The molecule has 0 saturated heterocycles. The van der Waals surface area contributed by atoms with Crippen molar-refractivity contribution in [2.75, 3.05) is 0 Å². The Kier molecular flexibility index (Phi) is 1.12. The molecule has 4 fully saturated rings. The fourth-order valence-corrected chi connectivity index (χ4v) is 5.58. The van der Waals surface area contributed by atoms with Gasteiger partial charge in [0.2, 0.25) is 0 Å². The van der Waals surface area contributed by atoms with E-state index in [2.05, 4.69) is 0 Å². The van der Waals surface area contributed by atoms with Crippen LogP contribution in [0.4, 0.5) is 0 Å². The van der Waals surface area contributed by atoms with E-state index in [1.54, 1.807) is 57.8 Å². The molecule has 0 spiro atoms. The summed E-state index contributed by atoms with van der Waals surface area (Å²) in [6, 6.07) is 0. The lowest BCUT2D eigenvalue weighted by molar-refractivity contribution is -0.226. The Bertz CT molecular complexity index is 247. The van der Waals surface area contributed by atoms with Gasteiger partial charge in [-0.25, -0.2) is 0 Å². The molecule has 0 aromatic rings. The predicted molar refractivity (Wildman–Crippen MR) is 53.4 cm³/mol. The third-order valence-corrected chi connectivity index (χ3v) is 6.55. The maximum atomic E-state index is 1.62. The van der Waals surface area contributed by atoms with E-state index in [1.807, 2.05) is 0 Å². The molecule has 0 N–H and O–H groups in total. The molecule has 4 aliphatic rings. The normalized spacial score (nSPS) is 62.8. The van der Waals surface area contributed by atoms with E-state index in [0.717, 1.165) is 10.8 Å². The molecule has 4 rings (SSSR count). The van der Waals surface area contributed by atoms with Gasteiger partial charge >= 0.3 is 0 Å². The van der Waals surface area contributed by atoms with Gasteiger partial charge in [0.15, 0.2) is 0 Å². The van der Waals surface area contributed by atoms with Gasteiger partial charge in [-0.3, -0.25) is 0 Å². The molecule has 0 aromatic heterocycles. The van der Waals surface area contributed by atoms with Crippen LogP contribution in [0, 0.1) is 22.7 Å². The third kappa shape index (κ3) is 0.567. The van der Waals surface area contributed by atoms with Crippen molar-refractivity contribution in [3.05, 3.63) is 0 Å². The minimum absolute atomic E-state index is 0.925. The lowest BCUT2D eigenvalue weighted by Gasteiger charge is -2.72. The highest BCUT2D eigenvalue weighted by atomic mass is 14.7. The first-order chi connectivity index (χ1) is 6.37. The van der Waals surface area contributed by atoms with Crippen molar-refractivity contribution in [1.82, 2.24) is 0 Å². The highest BCUT2D eigenvalue weighted by Gasteiger charge is 2.69. The molecule has 0 amide bonds. The zero-order valence-electron chi connectivity index (χ0n) is 8.52. The van der Waals surface area contributed by atoms with Crippen LogP contribution in [0.25, 0.3) is 0 Å². The molecule has 2 unspecified atom stereocenters. The summed E-state index contributed by atoms with van der Waals surface area (Å²) in [6.45, 7) is 0. The summed E-state index contributed by atoms with van der Waals surface area (Å²) >= 11 is 0. The Hall–Kier alpha value is 0. The Labute approximate surface area is 81.1 Å². The first-order valence-corrected chi connectivity index (χ1v) is 6.37. The van der Waals surface area contributed by atoms with E-state index >= 15 is 0 Å². The van der Waals surface area contributed by atoms with Gasteiger partial charge in [-0.05, 0) is 74.0 Å². The van der Waals surface area contributed by atoms with Crippen LogP contribution in [0.3, 0.4) is 0 Å². The summed E-state index contributed by atoms with van der Waals surface area (Å²) in [7, 11) is 0. The number of hydrogen-bond donors (Lipinski definition) is 0. The van der Waals surface area contributed by atoms with Gasteiger partial charge in [0, 0.05) is 0 Å². The molecule has 0 aliphatic heterocycles. The summed E-state index contributed by atoms with van der Waals surface area (Å²) in [6.07, 6.45) is 14.4. The Morgan fingerprint density at radius 2 is 1.15 bits per heavy atom. The fourth-order valence-electron chi connectivity index (χ4n) is 5.58. The largest absolute Gasteiger partial charge is 0.0525 e. The molecule has 13 heavy (non-hydrogen) atoms. The van der Waals surface area contributed by atoms with Crippen LogP contribution >= 0.6 is 0 Å². The van der Waals surface area contributed by atoms with Gasteiger partial charge in [-0.1, -0.05) is 6.42 Å². The minimum atomic E-state index is 0.925. The molecule has 4 saturated carbocycles. The standard InChI is InChI=1S/C13H20/c1-2-10-3-7-12(10,6-1)13-8-4-11(13)5-9-13/h10-11H,1-9H2. The molecule has 0 bridgehead atoms. The summed E-state index contributed by atoms with van der Waals surface area (Å²) in [5.74, 6) is 2.39. The molecule has 0 radical (unpaired) electrons. The maximum absolute atomic E-state index is 1.62. The van der Waals surface area contributed by atoms with Crippen LogP contribution in [0.2, 0.25) is 0 Å². The second-order valence-corrected chi connectivity index (χ2v) is 6.21. The number of fused-ring (bicyclic) bond motifs is 3. The van der Waals surface area contributed by atoms with Gasteiger partial charge < -0.3 is 0 Å². The zero-order valence-corrected chi connectivity index (χ0v) is 8.52. The van der Waals surface area contributed by atoms with Gasteiger partial charge in [0.05, 0.1) is 0 Å². The summed E-state index contributed by atoms with van der Waals surface area (Å²) in [5, 5.41) is 0. The molecule has 0 nitrogen and oxygen atoms in total. The Morgan fingerprint density at radius 1 is 0.615 bits per heavy atom. The second-order valence-electron chi connectivity index (χ2n) is 6.21. The summed E-state index contributed by atoms with van der Waals surface area (Å²) < 4.78 is 0. The maximum Gasteiger partial charge on any atom is -0.0210 e. The second kappa shape index (κ2) is 1.99. The molecule has 72 valence electrons. The molecule has 0 heterocycles. The Morgan fingerprint density at radius 3 is 1.54 bits per heavy atom. The first kappa shape index (κ1) is 7.31. The molecule has 2 atom stereocenters. The zero-order chi connectivity index (χ0) is 8.52. The average Bonchev–Trinajstić information content (AvgIpc) is 2.37.